The molecule has 2 rings (SSSR count). The normalized spacial score (nSPS) is 10.2. The highest BCUT2D eigenvalue weighted by molar-refractivity contribution is 6.33. The maximum atomic E-state index is 13.0. The first-order valence-corrected chi connectivity index (χ1v) is 6.17. The van der Waals surface area contributed by atoms with Crippen LogP contribution in [-0.4, -0.2) is 17.4 Å². The van der Waals surface area contributed by atoms with Gasteiger partial charge in [-0.15, -0.1) is 0 Å². The van der Waals surface area contributed by atoms with Gasteiger partial charge < -0.3 is 5.32 Å². The third-order valence-electron chi connectivity index (χ3n) is 2.60. The summed E-state index contributed by atoms with van der Waals surface area (Å²) in [5.41, 5.74) is 1.17. The Bertz CT molecular complexity index is 589. The van der Waals surface area contributed by atoms with Crippen LogP contribution in [0.3, 0.4) is 0 Å². The average Bonchev–Trinajstić information content (AvgIpc) is 2.39. The second-order valence-corrected chi connectivity index (χ2v) is 4.40. The quantitative estimate of drug-likeness (QED) is 0.934. The third-order valence-corrected chi connectivity index (χ3v) is 2.93. The molecule has 1 aromatic heterocycles. The molecule has 0 radical (unpaired) electrons. The molecule has 0 fully saturated rings. The molecule has 0 unspecified atom stereocenters. The molecule has 0 aliphatic carbocycles. The minimum Gasteiger partial charge on any atom is -0.352 e. The minimum absolute atomic E-state index is 0.279. The lowest BCUT2D eigenvalue weighted by Crippen LogP contribution is -2.26. The van der Waals surface area contributed by atoms with Gasteiger partial charge in [0.25, 0.3) is 5.91 Å². The topological polar surface area (TPSA) is 42.0 Å². The molecule has 1 aromatic carbocycles. The molecule has 1 heterocycles. The molecule has 0 saturated heterocycles. The number of carbonyl (C=O) groups excluding carboxylic acids is 1. The van der Waals surface area contributed by atoms with Crippen LogP contribution in [0.5, 0.6) is 0 Å². The Kier molecular flexibility index (Phi) is 4.47. The van der Waals surface area contributed by atoms with Crippen LogP contribution in [-0.2, 0) is 6.42 Å². The highest BCUT2D eigenvalue weighted by Gasteiger charge is 2.09. The minimum atomic E-state index is -0.283. The van der Waals surface area contributed by atoms with Gasteiger partial charge in [0, 0.05) is 18.9 Å². The number of carbonyl (C=O) groups is 1. The maximum Gasteiger partial charge on any atom is 0.254 e. The monoisotopic (exact) mass is 278 g/mol. The lowest BCUT2D eigenvalue weighted by Gasteiger charge is -2.06. The number of pyridine rings is 1. The summed E-state index contributed by atoms with van der Waals surface area (Å²) in [6.45, 7) is 0.410. The number of hydrogen-bond donors (Lipinski definition) is 1. The van der Waals surface area contributed by atoms with Crippen molar-refractivity contribution < 1.29 is 9.18 Å². The van der Waals surface area contributed by atoms with E-state index in [0.717, 1.165) is 5.56 Å². The summed E-state index contributed by atoms with van der Waals surface area (Å²) in [5.74, 6) is -0.561. The molecule has 5 heteroatoms. The van der Waals surface area contributed by atoms with Crippen LogP contribution in [0.4, 0.5) is 4.39 Å². The van der Waals surface area contributed by atoms with E-state index in [1.807, 2.05) is 6.07 Å². The zero-order chi connectivity index (χ0) is 13.7. The Morgan fingerprint density at radius 1 is 1.37 bits per heavy atom. The van der Waals surface area contributed by atoms with Gasteiger partial charge in [-0.1, -0.05) is 23.7 Å². The van der Waals surface area contributed by atoms with Crippen LogP contribution in [0.25, 0.3) is 0 Å². The lowest BCUT2D eigenvalue weighted by molar-refractivity contribution is 0.0954. The molecular formula is C14H12ClFN2O. The van der Waals surface area contributed by atoms with E-state index in [1.165, 1.54) is 24.5 Å². The third kappa shape index (κ3) is 3.76. The molecule has 0 aliphatic heterocycles. The van der Waals surface area contributed by atoms with E-state index < -0.39 is 0 Å². The number of nitrogens with one attached hydrogen (secondary N) is 1. The van der Waals surface area contributed by atoms with Crippen LogP contribution in [0.1, 0.15) is 15.9 Å². The van der Waals surface area contributed by atoms with Crippen LogP contribution < -0.4 is 5.32 Å². The number of halogens is 2. The van der Waals surface area contributed by atoms with Gasteiger partial charge in [-0.3, -0.25) is 9.78 Å². The molecule has 0 spiro atoms. The number of rotatable bonds is 4. The van der Waals surface area contributed by atoms with E-state index in [-0.39, 0.29) is 11.7 Å². The molecule has 98 valence electrons. The molecule has 3 nitrogen and oxygen atoms in total. The fourth-order valence-electron chi connectivity index (χ4n) is 1.65. The standard InChI is InChI=1S/C14H12ClFN2O/c15-13-5-6-17-9-12(13)14(19)18-7-4-10-2-1-3-11(16)8-10/h1-3,5-6,8-9H,4,7H2,(H,18,19). The summed E-state index contributed by atoms with van der Waals surface area (Å²) in [6, 6.07) is 7.85. The Morgan fingerprint density at radius 3 is 2.95 bits per heavy atom. The van der Waals surface area contributed by atoms with E-state index in [0.29, 0.717) is 23.6 Å². The molecule has 2 aromatic rings. The van der Waals surface area contributed by atoms with Crippen LogP contribution >= 0.6 is 11.6 Å². The first-order valence-electron chi connectivity index (χ1n) is 5.79. The van der Waals surface area contributed by atoms with E-state index in [1.54, 1.807) is 12.1 Å². The van der Waals surface area contributed by atoms with E-state index in [9.17, 15) is 9.18 Å². The summed E-state index contributed by atoms with van der Waals surface area (Å²) in [7, 11) is 0. The van der Waals surface area contributed by atoms with E-state index in [4.69, 9.17) is 11.6 Å². The molecule has 0 atom stereocenters. The SMILES string of the molecule is O=C(NCCc1cccc(F)c1)c1cnccc1Cl. The zero-order valence-corrected chi connectivity index (χ0v) is 10.8. The van der Waals surface area contributed by atoms with Crippen molar-refractivity contribution in [2.75, 3.05) is 6.54 Å². The van der Waals surface area contributed by atoms with Gasteiger partial charge in [-0.25, -0.2) is 4.39 Å². The molecule has 0 aliphatic rings. The van der Waals surface area contributed by atoms with E-state index >= 15 is 0 Å². The van der Waals surface area contributed by atoms with Gasteiger partial charge in [-0.2, -0.15) is 0 Å². The summed E-state index contributed by atoms with van der Waals surface area (Å²) < 4.78 is 13.0. The fourth-order valence-corrected chi connectivity index (χ4v) is 1.84. The molecule has 1 amide bonds. The number of benzene rings is 1. The molecule has 1 N–H and O–H groups in total. The highest BCUT2D eigenvalue weighted by Crippen LogP contribution is 2.13. The van der Waals surface area contributed by atoms with Crippen molar-refractivity contribution in [2.24, 2.45) is 0 Å². The molecule has 0 saturated carbocycles. The number of amides is 1. The highest BCUT2D eigenvalue weighted by atomic mass is 35.5. The first-order chi connectivity index (χ1) is 9.16. The van der Waals surface area contributed by atoms with E-state index in [2.05, 4.69) is 10.3 Å². The lowest BCUT2D eigenvalue weighted by atomic mass is 10.1. The predicted octanol–water partition coefficient (Wildman–Crippen LogP) is 2.85. The van der Waals surface area contributed by atoms with Crippen molar-refractivity contribution in [2.45, 2.75) is 6.42 Å². The molecular weight excluding hydrogens is 267 g/mol. The zero-order valence-electron chi connectivity index (χ0n) is 10.1. The second kappa shape index (κ2) is 6.29. The Labute approximate surface area is 115 Å². The Morgan fingerprint density at radius 2 is 2.21 bits per heavy atom. The van der Waals surface area contributed by atoms with Crippen molar-refractivity contribution in [3.63, 3.8) is 0 Å². The largest absolute Gasteiger partial charge is 0.352 e. The summed E-state index contributed by atoms with van der Waals surface area (Å²) >= 11 is 5.89. The van der Waals surface area contributed by atoms with Gasteiger partial charge in [0.2, 0.25) is 0 Å². The van der Waals surface area contributed by atoms with Gasteiger partial charge in [0.05, 0.1) is 10.6 Å². The van der Waals surface area contributed by atoms with Crippen molar-refractivity contribution in [1.82, 2.24) is 10.3 Å². The second-order valence-electron chi connectivity index (χ2n) is 3.99. The Balaban J connectivity index is 1.90. The van der Waals surface area contributed by atoms with Gasteiger partial charge >= 0.3 is 0 Å². The summed E-state index contributed by atoms with van der Waals surface area (Å²) in [5, 5.41) is 3.08. The Hall–Kier alpha value is -1.94. The average molecular weight is 279 g/mol. The summed E-state index contributed by atoms with van der Waals surface area (Å²) in [6.07, 6.45) is 3.49. The van der Waals surface area contributed by atoms with Gasteiger partial charge in [0.15, 0.2) is 0 Å². The molecule has 0 bridgehead atoms. The predicted molar refractivity (Wildman–Crippen MR) is 71.7 cm³/mol. The molecule has 19 heavy (non-hydrogen) atoms. The van der Waals surface area contributed by atoms with Gasteiger partial charge in [0.1, 0.15) is 5.82 Å². The maximum absolute atomic E-state index is 13.0. The number of nitrogens with zero attached hydrogens (tertiary/aromatic N) is 1. The van der Waals surface area contributed by atoms with Crippen molar-refractivity contribution in [1.29, 1.82) is 0 Å². The first kappa shape index (κ1) is 13.5. The fraction of sp³-hybridized carbons (Fsp3) is 0.143. The number of hydrogen-bond acceptors (Lipinski definition) is 2. The summed E-state index contributed by atoms with van der Waals surface area (Å²) in [4.78, 5) is 15.7. The van der Waals surface area contributed by atoms with Crippen LogP contribution in [0.15, 0.2) is 42.7 Å². The van der Waals surface area contributed by atoms with Crippen molar-refractivity contribution >= 4 is 17.5 Å². The van der Waals surface area contributed by atoms with Gasteiger partial charge in [-0.05, 0) is 30.2 Å². The van der Waals surface area contributed by atoms with Crippen LogP contribution in [0.2, 0.25) is 5.02 Å². The smallest absolute Gasteiger partial charge is 0.254 e. The number of aromatic nitrogens is 1. The van der Waals surface area contributed by atoms with Crippen molar-refractivity contribution in [3.05, 3.63) is 64.7 Å². The van der Waals surface area contributed by atoms with Crippen molar-refractivity contribution in [3.8, 4) is 0 Å². The van der Waals surface area contributed by atoms with Crippen LogP contribution in [0, 0.1) is 5.82 Å².